The van der Waals surface area contributed by atoms with Crippen molar-refractivity contribution in [1.82, 2.24) is 0 Å². The molecule has 0 saturated heterocycles. The molecule has 0 amide bonds. The molecule has 0 atom stereocenters. The Bertz CT molecular complexity index is 532. The monoisotopic (exact) mass is 323 g/mol. The standard InChI is InChI=1S/C14H14BrNO3/c1-2-3-6-19-14(18)11(9-16)7-10-4-5-13(17)12(15)8-10/h4-5,7-8,17H,2-3,6H2,1H3/b11-7+. The number of hydrogen-bond donors (Lipinski definition) is 1. The highest BCUT2D eigenvalue weighted by Gasteiger charge is 2.10. The zero-order valence-electron chi connectivity index (χ0n) is 10.5. The second-order valence-electron chi connectivity index (χ2n) is 3.87. The molecule has 0 aliphatic rings. The van der Waals surface area contributed by atoms with E-state index in [2.05, 4.69) is 15.9 Å². The molecule has 1 N–H and O–H groups in total. The molecular weight excluding hydrogens is 310 g/mol. The number of halogens is 1. The summed E-state index contributed by atoms with van der Waals surface area (Å²) in [4.78, 5) is 11.6. The number of nitriles is 1. The van der Waals surface area contributed by atoms with E-state index in [-0.39, 0.29) is 11.3 Å². The van der Waals surface area contributed by atoms with Gasteiger partial charge < -0.3 is 9.84 Å². The Hall–Kier alpha value is -1.80. The Labute approximate surface area is 120 Å². The quantitative estimate of drug-likeness (QED) is 0.390. The van der Waals surface area contributed by atoms with E-state index in [1.807, 2.05) is 13.0 Å². The fourth-order valence-electron chi connectivity index (χ4n) is 1.30. The van der Waals surface area contributed by atoms with Gasteiger partial charge in [-0.25, -0.2) is 4.79 Å². The van der Waals surface area contributed by atoms with E-state index in [1.165, 1.54) is 12.1 Å². The molecule has 4 nitrogen and oxygen atoms in total. The van der Waals surface area contributed by atoms with E-state index < -0.39 is 5.97 Å². The molecule has 0 saturated carbocycles. The molecule has 0 bridgehead atoms. The number of ether oxygens (including phenoxy) is 1. The van der Waals surface area contributed by atoms with Crippen molar-refractivity contribution in [2.24, 2.45) is 0 Å². The van der Waals surface area contributed by atoms with Gasteiger partial charge >= 0.3 is 5.97 Å². The highest BCUT2D eigenvalue weighted by molar-refractivity contribution is 9.10. The summed E-state index contributed by atoms with van der Waals surface area (Å²) in [6.45, 7) is 2.30. The molecule has 1 rings (SSSR count). The van der Waals surface area contributed by atoms with Crippen LogP contribution in [0.4, 0.5) is 0 Å². The summed E-state index contributed by atoms with van der Waals surface area (Å²) in [6, 6.07) is 6.52. The first-order chi connectivity index (χ1) is 9.08. The van der Waals surface area contributed by atoms with Crippen LogP contribution in [0.2, 0.25) is 0 Å². The minimum Gasteiger partial charge on any atom is -0.507 e. The van der Waals surface area contributed by atoms with E-state index >= 15 is 0 Å². The smallest absolute Gasteiger partial charge is 0.348 e. The van der Waals surface area contributed by atoms with Crippen LogP contribution in [-0.4, -0.2) is 17.7 Å². The van der Waals surface area contributed by atoms with Gasteiger partial charge in [0.1, 0.15) is 17.4 Å². The summed E-state index contributed by atoms with van der Waals surface area (Å²) in [5.74, 6) is -0.527. The Morgan fingerprint density at radius 1 is 1.58 bits per heavy atom. The molecule has 1 aromatic carbocycles. The lowest BCUT2D eigenvalue weighted by Crippen LogP contribution is -2.07. The van der Waals surface area contributed by atoms with E-state index in [1.54, 1.807) is 12.1 Å². The largest absolute Gasteiger partial charge is 0.507 e. The predicted molar refractivity (Wildman–Crippen MR) is 75.3 cm³/mol. The minimum atomic E-state index is -0.625. The number of nitrogens with zero attached hydrogens (tertiary/aromatic N) is 1. The Morgan fingerprint density at radius 3 is 2.89 bits per heavy atom. The Morgan fingerprint density at radius 2 is 2.32 bits per heavy atom. The van der Waals surface area contributed by atoms with Gasteiger partial charge in [0.05, 0.1) is 11.1 Å². The number of hydrogen-bond acceptors (Lipinski definition) is 4. The molecular formula is C14H14BrNO3. The number of phenolic OH excluding ortho intramolecular Hbond substituents is 1. The molecule has 1 aromatic rings. The van der Waals surface area contributed by atoms with Crippen LogP contribution >= 0.6 is 15.9 Å². The fourth-order valence-corrected chi connectivity index (χ4v) is 1.70. The lowest BCUT2D eigenvalue weighted by atomic mass is 10.1. The third kappa shape index (κ3) is 4.76. The number of esters is 1. The molecule has 5 heteroatoms. The van der Waals surface area contributed by atoms with Crippen LogP contribution in [0.15, 0.2) is 28.2 Å². The van der Waals surface area contributed by atoms with Gasteiger partial charge in [-0.1, -0.05) is 19.4 Å². The fraction of sp³-hybridized carbons (Fsp3) is 0.286. The minimum absolute atomic E-state index is 0.0614. The van der Waals surface area contributed by atoms with Gasteiger partial charge in [0.15, 0.2) is 0 Å². The van der Waals surface area contributed by atoms with Crippen LogP contribution in [0.1, 0.15) is 25.3 Å². The van der Waals surface area contributed by atoms with Crippen molar-refractivity contribution in [3.05, 3.63) is 33.8 Å². The highest BCUT2D eigenvalue weighted by Crippen LogP contribution is 2.25. The molecule has 0 unspecified atom stereocenters. The van der Waals surface area contributed by atoms with E-state index in [0.29, 0.717) is 16.6 Å². The van der Waals surface area contributed by atoms with Crippen LogP contribution in [0.5, 0.6) is 5.75 Å². The van der Waals surface area contributed by atoms with Gasteiger partial charge in [0.2, 0.25) is 0 Å². The predicted octanol–water partition coefficient (Wildman–Crippen LogP) is 3.40. The lowest BCUT2D eigenvalue weighted by molar-refractivity contribution is -0.138. The van der Waals surface area contributed by atoms with Crippen LogP contribution in [0.3, 0.4) is 0 Å². The maximum atomic E-state index is 11.6. The molecule has 0 heterocycles. The van der Waals surface area contributed by atoms with Crippen LogP contribution in [-0.2, 0) is 9.53 Å². The molecule has 0 fully saturated rings. The van der Waals surface area contributed by atoms with E-state index in [4.69, 9.17) is 10.00 Å². The van der Waals surface area contributed by atoms with Gasteiger partial charge in [-0.05, 0) is 46.1 Å². The Balaban J connectivity index is 2.84. The van der Waals surface area contributed by atoms with Gasteiger partial charge in [-0.15, -0.1) is 0 Å². The van der Waals surface area contributed by atoms with Crippen molar-refractivity contribution >= 4 is 28.0 Å². The number of aromatic hydroxyl groups is 1. The summed E-state index contributed by atoms with van der Waals surface area (Å²) >= 11 is 3.17. The average Bonchev–Trinajstić information content (AvgIpc) is 2.40. The van der Waals surface area contributed by atoms with Crippen molar-refractivity contribution < 1.29 is 14.6 Å². The number of unbranched alkanes of at least 4 members (excludes halogenated alkanes) is 1. The summed E-state index contributed by atoms with van der Waals surface area (Å²) in [6.07, 6.45) is 3.12. The normalized spacial score (nSPS) is 10.9. The summed E-state index contributed by atoms with van der Waals surface area (Å²) in [5.41, 5.74) is 0.572. The number of carbonyl (C=O) groups is 1. The van der Waals surface area contributed by atoms with Crippen molar-refractivity contribution in [3.63, 3.8) is 0 Å². The third-order valence-corrected chi connectivity index (χ3v) is 2.99. The average molecular weight is 324 g/mol. The van der Waals surface area contributed by atoms with Crippen molar-refractivity contribution in [3.8, 4) is 11.8 Å². The second-order valence-corrected chi connectivity index (χ2v) is 4.72. The maximum absolute atomic E-state index is 11.6. The van der Waals surface area contributed by atoms with Crippen LogP contribution in [0.25, 0.3) is 6.08 Å². The molecule has 100 valence electrons. The summed E-state index contributed by atoms with van der Waals surface area (Å²) < 4.78 is 5.47. The number of carbonyl (C=O) groups excluding carboxylic acids is 1. The highest BCUT2D eigenvalue weighted by atomic mass is 79.9. The first-order valence-corrected chi connectivity index (χ1v) is 6.65. The van der Waals surface area contributed by atoms with Crippen molar-refractivity contribution in [2.45, 2.75) is 19.8 Å². The molecule has 0 aliphatic carbocycles. The topological polar surface area (TPSA) is 70.3 Å². The molecule has 19 heavy (non-hydrogen) atoms. The Kier molecular flexibility index (Phi) is 6.10. The first kappa shape index (κ1) is 15.3. The lowest BCUT2D eigenvalue weighted by Gasteiger charge is -2.03. The van der Waals surface area contributed by atoms with Gasteiger partial charge in [-0.3, -0.25) is 0 Å². The van der Waals surface area contributed by atoms with Gasteiger partial charge in [0, 0.05) is 0 Å². The van der Waals surface area contributed by atoms with Gasteiger partial charge in [-0.2, -0.15) is 5.26 Å². The summed E-state index contributed by atoms with van der Waals surface area (Å²) in [5, 5.41) is 18.3. The van der Waals surface area contributed by atoms with Crippen LogP contribution in [0, 0.1) is 11.3 Å². The maximum Gasteiger partial charge on any atom is 0.348 e. The zero-order chi connectivity index (χ0) is 14.3. The molecule has 0 aromatic heterocycles. The van der Waals surface area contributed by atoms with Crippen molar-refractivity contribution in [1.29, 1.82) is 5.26 Å². The number of phenols is 1. The molecule has 0 spiro atoms. The molecule has 0 radical (unpaired) electrons. The number of benzene rings is 1. The summed E-state index contributed by atoms with van der Waals surface area (Å²) in [7, 11) is 0. The third-order valence-electron chi connectivity index (χ3n) is 2.35. The van der Waals surface area contributed by atoms with Crippen molar-refractivity contribution in [2.75, 3.05) is 6.61 Å². The van der Waals surface area contributed by atoms with Crippen LogP contribution < -0.4 is 0 Å². The second kappa shape index (κ2) is 7.59. The van der Waals surface area contributed by atoms with E-state index in [0.717, 1.165) is 12.8 Å². The SMILES string of the molecule is CCCCOC(=O)/C(C#N)=C/c1ccc(O)c(Br)c1. The molecule has 0 aliphatic heterocycles. The first-order valence-electron chi connectivity index (χ1n) is 5.86. The van der Waals surface area contributed by atoms with Gasteiger partial charge in [0.25, 0.3) is 0 Å². The zero-order valence-corrected chi connectivity index (χ0v) is 12.1. The van der Waals surface area contributed by atoms with E-state index in [9.17, 15) is 9.90 Å². The number of rotatable bonds is 5.